The Balaban J connectivity index is 2.32. The van der Waals surface area contributed by atoms with Crippen LogP contribution in [0.2, 0.25) is 0 Å². The average Bonchev–Trinajstić information content (AvgIpc) is 2.38. The van der Waals surface area contributed by atoms with Crippen molar-refractivity contribution in [1.82, 2.24) is 5.32 Å². The summed E-state index contributed by atoms with van der Waals surface area (Å²) in [6.07, 6.45) is 1.28. The van der Waals surface area contributed by atoms with Crippen molar-refractivity contribution < 1.29 is 9.53 Å². The van der Waals surface area contributed by atoms with Crippen molar-refractivity contribution in [2.45, 2.75) is 39.3 Å². The first-order valence-corrected chi connectivity index (χ1v) is 7.00. The van der Waals surface area contributed by atoms with Crippen molar-refractivity contribution in [3.8, 4) is 0 Å². The van der Waals surface area contributed by atoms with Crippen LogP contribution in [0.1, 0.15) is 38.8 Å². The maximum absolute atomic E-state index is 10.7. The highest BCUT2D eigenvalue weighted by Crippen LogP contribution is 2.15. The van der Waals surface area contributed by atoms with E-state index >= 15 is 0 Å². The molecule has 2 amide bonds. The molecule has 0 spiro atoms. The normalized spacial score (nSPS) is 12.4. The van der Waals surface area contributed by atoms with E-state index < -0.39 is 6.03 Å². The molecule has 0 bridgehead atoms. The van der Waals surface area contributed by atoms with E-state index in [0.29, 0.717) is 5.69 Å². The number of primary amides is 1. The molecule has 5 nitrogen and oxygen atoms in total. The van der Waals surface area contributed by atoms with E-state index in [1.807, 2.05) is 38.1 Å². The standard InChI is InChI=1S/C15H25N3O2/c1-11(2)20-10-4-9-17-12(3)13-5-7-14(8-6-13)18-15(16)19/h5-8,11-12,17H,4,9-10H2,1-3H3,(H3,16,18,19). The van der Waals surface area contributed by atoms with Crippen LogP contribution in [0.25, 0.3) is 0 Å². The number of benzene rings is 1. The lowest BCUT2D eigenvalue weighted by atomic mass is 10.1. The van der Waals surface area contributed by atoms with Crippen LogP contribution >= 0.6 is 0 Å². The lowest BCUT2D eigenvalue weighted by Crippen LogP contribution is -2.22. The molecule has 0 saturated carbocycles. The van der Waals surface area contributed by atoms with Gasteiger partial charge in [0.15, 0.2) is 0 Å². The topological polar surface area (TPSA) is 76.4 Å². The molecule has 0 heterocycles. The summed E-state index contributed by atoms with van der Waals surface area (Å²) in [7, 11) is 0. The highest BCUT2D eigenvalue weighted by Gasteiger charge is 2.05. The van der Waals surface area contributed by atoms with E-state index in [4.69, 9.17) is 10.5 Å². The molecular weight excluding hydrogens is 254 g/mol. The van der Waals surface area contributed by atoms with Crippen LogP contribution in [0.5, 0.6) is 0 Å². The fourth-order valence-electron chi connectivity index (χ4n) is 1.83. The van der Waals surface area contributed by atoms with Crippen LogP contribution in [-0.4, -0.2) is 25.3 Å². The first kappa shape index (κ1) is 16.5. The van der Waals surface area contributed by atoms with E-state index in [1.54, 1.807) is 0 Å². The third-order valence-corrected chi connectivity index (χ3v) is 2.90. The summed E-state index contributed by atoms with van der Waals surface area (Å²) >= 11 is 0. The van der Waals surface area contributed by atoms with Crippen molar-refractivity contribution in [3.63, 3.8) is 0 Å². The zero-order chi connectivity index (χ0) is 15.0. The van der Waals surface area contributed by atoms with Crippen LogP contribution in [-0.2, 0) is 4.74 Å². The molecule has 1 unspecified atom stereocenters. The predicted molar refractivity (Wildman–Crippen MR) is 81.8 cm³/mol. The predicted octanol–water partition coefficient (Wildman–Crippen LogP) is 2.64. The molecule has 0 fully saturated rings. The van der Waals surface area contributed by atoms with Gasteiger partial charge >= 0.3 is 6.03 Å². The highest BCUT2D eigenvalue weighted by molar-refractivity contribution is 5.87. The lowest BCUT2D eigenvalue weighted by molar-refractivity contribution is 0.0768. The molecule has 5 heteroatoms. The molecule has 0 radical (unpaired) electrons. The molecule has 1 atom stereocenters. The van der Waals surface area contributed by atoms with Crippen LogP contribution in [0, 0.1) is 0 Å². The summed E-state index contributed by atoms with van der Waals surface area (Å²) in [6, 6.07) is 7.37. The van der Waals surface area contributed by atoms with E-state index in [0.717, 1.165) is 19.6 Å². The average molecular weight is 279 g/mol. The van der Waals surface area contributed by atoms with Gasteiger partial charge in [-0.3, -0.25) is 0 Å². The molecule has 112 valence electrons. The fraction of sp³-hybridized carbons (Fsp3) is 0.533. The summed E-state index contributed by atoms with van der Waals surface area (Å²) in [5.74, 6) is 0. The first-order chi connectivity index (χ1) is 9.49. The van der Waals surface area contributed by atoms with E-state index in [9.17, 15) is 4.79 Å². The van der Waals surface area contributed by atoms with Crippen LogP contribution in [0.3, 0.4) is 0 Å². The van der Waals surface area contributed by atoms with Gasteiger partial charge in [-0.2, -0.15) is 0 Å². The summed E-state index contributed by atoms with van der Waals surface area (Å²) in [5.41, 5.74) is 6.94. The number of amides is 2. The highest BCUT2D eigenvalue weighted by atomic mass is 16.5. The smallest absolute Gasteiger partial charge is 0.316 e. The van der Waals surface area contributed by atoms with Gasteiger partial charge in [0.05, 0.1) is 6.10 Å². The zero-order valence-corrected chi connectivity index (χ0v) is 12.5. The summed E-state index contributed by atoms with van der Waals surface area (Å²) in [4.78, 5) is 10.7. The van der Waals surface area contributed by atoms with Gasteiger partial charge in [0, 0.05) is 18.3 Å². The minimum absolute atomic E-state index is 0.261. The van der Waals surface area contributed by atoms with Crippen molar-refractivity contribution in [2.75, 3.05) is 18.5 Å². The molecule has 0 saturated heterocycles. The molecule has 1 rings (SSSR count). The zero-order valence-electron chi connectivity index (χ0n) is 12.5. The Morgan fingerprint density at radius 2 is 1.90 bits per heavy atom. The summed E-state index contributed by atoms with van der Waals surface area (Å²) < 4.78 is 5.49. The van der Waals surface area contributed by atoms with Gasteiger partial charge in [-0.25, -0.2) is 4.79 Å². The SMILES string of the molecule is CC(C)OCCCNC(C)c1ccc(NC(N)=O)cc1. The number of urea groups is 1. The van der Waals surface area contributed by atoms with Crippen molar-refractivity contribution in [2.24, 2.45) is 5.73 Å². The largest absolute Gasteiger partial charge is 0.379 e. The van der Waals surface area contributed by atoms with E-state index in [-0.39, 0.29) is 12.1 Å². The number of nitrogens with one attached hydrogen (secondary N) is 2. The second kappa shape index (κ2) is 8.55. The van der Waals surface area contributed by atoms with Crippen molar-refractivity contribution in [1.29, 1.82) is 0 Å². The maximum atomic E-state index is 10.7. The number of hydrogen-bond donors (Lipinski definition) is 3. The first-order valence-electron chi connectivity index (χ1n) is 7.00. The fourth-order valence-corrected chi connectivity index (χ4v) is 1.83. The van der Waals surface area contributed by atoms with Gasteiger partial charge in [0.1, 0.15) is 0 Å². The molecule has 0 aliphatic rings. The Labute approximate surface area is 120 Å². The minimum atomic E-state index is -0.547. The van der Waals surface area contributed by atoms with E-state index in [2.05, 4.69) is 17.6 Å². The van der Waals surface area contributed by atoms with Crippen LogP contribution in [0.15, 0.2) is 24.3 Å². The third kappa shape index (κ3) is 6.54. The van der Waals surface area contributed by atoms with Crippen molar-refractivity contribution in [3.05, 3.63) is 29.8 Å². The van der Waals surface area contributed by atoms with Crippen LogP contribution < -0.4 is 16.4 Å². The monoisotopic (exact) mass is 279 g/mol. The Kier molecular flexibility index (Phi) is 7.04. The minimum Gasteiger partial charge on any atom is -0.379 e. The maximum Gasteiger partial charge on any atom is 0.316 e. The number of hydrogen-bond acceptors (Lipinski definition) is 3. The van der Waals surface area contributed by atoms with Crippen molar-refractivity contribution >= 4 is 11.7 Å². The van der Waals surface area contributed by atoms with Gasteiger partial charge in [0.2, 0.25) is 0 Å². The summed E-state index contributed by atoms with van der Waals surface area (Å²) in [5, 5.41) is 5.98. The number of rotatable bonds is 8. The number of carbonyl (C=O) groups is 1. The van der Waals surface area contributed by atoms with Gasteiger partial charge in [-0.15, -0.1) is 0 Å². The molecule has 0 aliphatic heterocycles. The Bertz CT molecular complexity index is 404. The number of carbonyl (C=O) groups excluding carboxylic acids is 1. The second-order valence-electron chi connectivity index (χ2n) is 5.06. The molecular formula is C15H25N3O2. The van der Waals surface area contributed by atoms with Gasteiger partial charge in [0.25, 0.3) is 0 Å². The lowest BCUT2D eigenvalue weighted by Gasteiger charge is -2.15. The molecule has 20 heavy (non-hydrogen) atoms. The number of anilines is 1. The molecule has 0 aliphatic carbocycles. The van der Waals surface area contributed by atoms with Gasteiger partial charge in [-0.1, -0.05) is 12.1 Å². The Morgan fingerprint density at radius 3 is 2.45 bits per heavy atom. The second-order valence-corrected chi connectivity index (χ2v) is 5.06. The Morgan fingerprint density at radius 1 is 1.25 bits per heavy atom. The Hall–Kier alpha value is -1.59. The third-order valence-electron chi connectivity index (χ3n) is 2.90. The van der Waals surface area contributed by atoms with Gasteiger partial charge in [-0.05, 0) is 51.4 Å². The number of ether oxygens (including phenoxy) is 1. The van der Waals surface area contributed by atoms with Gasteiger partial charge < -0.3 is 21.1 Å². The quantitative estimate of drug-likeness (QED) is 0.640. The molecule has 1 aromatic rings. The van der Waals surface area contributed by atoms with E-state index in [1.165, 1.54) is 5.56 Å². The molecule has 0 aromatic heterocycles. The molecule has 4 N–H and O–H groups in total. The number of nitrogens with two attached hydrogens (primary N) is 1. The molecule has 1 aromatic carbocycles. The van der Waals surface area contributed by atoms with Crippen LogP contribution in [0.4, 0.5) is 10.5 Å². The summed E-state index contributed by atoms with van der Waals surface area (Å²) in [6.45, 7) is 7.88.